The number of hydrogen-bond donors (Lipinski definition) is 2. The first-order valence-electron chi connectivity index (χ1n) is 6.63. The van der Waals surface area contributed by atoms with E-state index < -0.39 is 6.03 Å². The van der Waals surface area contributed by atoms with Crippen LogP contribution < -0.4 is 11.1 Å². The van der Waals surface area contributed by atoms with Gasteiger partial charge in [-0.25, -0.2) is 9.18 Å². The van der Waals surface area contributed by atoms with E-state index >= 15 is 0 Å². The van der Waals surface area contributed by atoms with Crippen molar-refractivity contribution in [2.24, 2.45) is 5.73 Å². The lowest BCUT2D eigenvalue weighted by Gasteiger charge is -2.19. The summed E-state index contributed by atoms with van der Waals surface area (Å²) in [6.45, 7) is 2.84. The van der Waals surface area contributed by atoms with Crippen molar-refractivity contribution >= 4 is 6.03 Å². The predicted molar refractivity (Wildman–Crippen MR) is 74.0 cm³/mol. The molecule has 1 saturated heterocycles. The Labute approximate surface area is 117 Å². The number of halogens is 1. The van der Waals surface area contributed by atoms with Gasteiger partial charge in [0.1, 0.15) is 5.82 Å². The lowest BCUT2D eigenvalue weighted by molar-refractivity contribution is 0.159. The number of nitrogens with two attached hydrogens (primary N) is 1. The second kappa shape index (κ2) is 6.67. The van der Waals surface area contributed by atoms with Crippen LogP contribution in [0.25, 0.3) is 0 Å². The molecule has 0 aliphatic carbocycles. The van der Waals surface area contributed by atoms with Crippen molar-refractivity contribution in [3.05, 3.63) is 35.6 Å². The summed E-state index contributed by atoms with van der Waals surface area (Å²) in [4.78, 5) is 13.3. The van der Waals surface area contributed by atoms with Gasteiger partial charge in [0.15, 0.2) is 0 Å². The fraction of sp³-hybridized carbons (Fsp3) is 0.500. The Morgan fingerprint density at radius 3 is 3.00 bits per heavy atom. The van der Waals surface area contributed by atoms with Crippen LogP contribution in [-0.2, 0) is 4.74 Å². The van der Waals surface area contributed by atoms with Crippen molar-refractivity contribution in [2.75, 3.05) is 33.4 Å². The molecule has 2 atom stereocenters. The zero-order chi connectivity index (χ0) is 14.5. The van der Waals surface area contributed by atoms with Gasteiger partial charge in [-0.1, -0.05) is 12.1 Å². The topological polar surface area (TPSA) is 67.6 Å². The van der Waals surface area contributed by atoms with Gasteiger partial charge in [0.25, 0.3) is 0 Å². The maximum Gasteiger partial charge on any atom is 0.312 e. The van der Waals surface area contributed by atoms with E-state index in [1.807, 2.05) is 6.07 Å². The molecule has 0 bridgehead atoms. The standard InChI is InChI=1S/C14H20FN3O2/c1-20-6-5-18-8-12(13(9-18)17-14(16)19)10-3-2-4-11(15)7-10/h2-4,7,12-13H,5-6,8-9H2,1H3,(H3,16,17,19)/t12-,13+/m0/s1. The molecule has 2 rings (SSSR count). The summed E-state index contributed by atoms with van der Waals surface area (Å²) in [6.07, 6.45) is 0. The SMILES string of the molecule is COCCN1C[C@@H](NC(N)=O)[C@H](c2cccc(F)c2)C1. The number of urea groups is 1. The monoisotopic (exact) mass is 281 g/mol. The summed E-state index contributed by atoms with van der Waals surface area (Å²) in [6, 6.07) is 5.83. The van der Waals surface area contributed by atoms with Gasteiger partial charge in [-0.2, -0.15) is 0 Å². The fourth-order valence-corrected chi connectivity index (χ4v) is 2.69. The summed E-state index contributed by atoms with van der Waals surface area (Å²) >= 11 is 0. The number of primary amides is 1. The van der Waals surface area contributed by atoms with Crippen LogP contribution in [0.5, 0.6) is 0 Å². The number of benzene rings is 1. The van der Waals surface area contributed by atoms with E-state index in [0.29, 0.717) is 13.2 Å². The number of ether oxygens (including phenoxy) is 1. The van der Waals surface area contributed by atoms with Gasteiger partial charge in [0.2, 0.25) is 0 Å². The highest BCUT2D eigenvalue weighted by atomic mass is 19.1. The Morgan fingerprint density at radius 1 is 1.55 bits per heavy atom. The van der Waals surface area contributed by atoms with Crippen molar-refractivity contribution in [3.63, 3.8) is 0 Å². The Bertz CT molecular complexity index is 469. The van der Waals surface area contributed by atoms with E-state index in [-0.39, 0.29) is 17.8 Å². The number of nitrogens with zero attached hydrogens (tertiary/aromatic N) is 1. The summed E-state index contributed by atoms with van der Waals surface area (Å²) in [5.41, 5.74) is 6.10. The molecule has 1 heterocycles. The van der Waals surface area contributed by atoms with E-state index in [1.165, 1.54) is 12.1 Å². The number of carbonyl (C=O) groups is 1. The van der Waals surface area contributed by atoms with Crippen molar-refractivity contribution in [1.82, 2.24) is 10.2 Å². The maximum atomic E-state index is 13.4. The first kappa shape index (κ1) is 14.7. The second-order valence-corrected chi connectivity index (χ2v) is 5.03. The van der Waals surface area contributed by atoms with Crippen LogP contribution in [0.4, 0.5) is 9.18 Å². The smallest absolute Gasteiger partial charge is 0.312 e. The van der Waals surface area contributed by atoms with Crippen molar-refractivity contribution in [1.29, 1.82) is 0 Å². The molecule has 2 amide bonds. The summed E-state index contributed by atoms with van der Waals surface area (Å²) in [5.74, 6) is -0.231. The summed E-state index contributed by atoms with van der Waals surface area (Å²) in [5, 5.41) is 2.75. The summed E-state index contributed by atoms with van der Waals surface area (Å²) in [7, 11) is 1.65. The maximum absolute atomic E-state index is 13.4. The lowest BCUT2D eigenvalue weighted by Crippen LogP contribution is -2.42. The molecule has 20 heavy (non-hydrogen) atoms. The van der Waals surface area contributed by atoms with Crippen LogP contribution >= 0.6 is 0 Å². The van der Waals surface area contributed by atoms with E-state index in [0.717, 1.165) is 18.7 Å². The Kier molecular flexibility index (Phi) is 4.92. The molecule has 1 fully saturated rings. The Hall–Kier alpha value is -1.66. The highest BCUT2D eigenvalue weighted by molar-refractivity contribution is 5.72. The Balaban J connectivity index is 2.12. The highest BCUT2D eigenvalue weighted by Gasteiger charge is 2.34. The molecule has 110 valence electrons. The van der Waals surface area contributed by atoms with Gasteiger partial charge >= 0.3 is 6.03 Å². The predicted octanol–water partition coefficient (Wildman–Crippen LogP) is 0.908. The minimum atomic E-state index is -0.551. The fourth-order valence-electron chi connectivity index (χ4n) is 2.69. The molecule has 5 nitrogen and oxygen atoms in total. The zero-order valence-corrected chi connectivity index (χ0v) is 11.5. The number of nitrogens with one attached hydrogen (secondary N) is 1. The molecule has 3 N–H and O–H groups in total. The largest absolute Gasteiger partial charge is 0.383 e. The van der Waals surface area contributed by atoms with E-state index in [2.05, 4.69) is 10.2 Å². The molecule has 0 saturated carbocycles. The number of carbonyl (C=O) groups excluding carboxylic acids is 1. The van der Waals surface area contributed by atoms with Crippen molar-refractivity contribution in [3.8, 4) is 0 Å². The summed E-state index contributed by atoms with van der Waals surface area (Å²) < 4.78 is 18.4. The lowest BCUT2D eigenvalue weighted by atomic mass is 9.94. The number of hydrogen-bond acceptors (Lipinski definition) is 3. The van der Waals surface area contributed by atoms with Crippen LogP contribution in [-0.4, -0.2) is 50.3 Å². The number of likely N-dealkylation sites (tertiary alicyclic amines) is 1. The normalized spacial score (nSPS) is 22.9. The van der Waals surface area contributed by atoms with Gasteiger partial charge in [-0.05, 0) is 17.7 Å². The van der Waals surface area contributed by atoms with Gasteiger partial charge in [0.05, 0.1) is 12.6 Å². The number of amides is 2. The highest BCUT2D eigenvalue weighted by Crippen LogP contribution is 2.28. The number of rotatable bonds is 5. The molecule has 6 heteroatoms. The zero-order valence-electron chi connectivity index (χ0n) is 11.5. The molecule has 1 aromatic rings. The quantitative estimate of drug-likeness (QED) is 0.843. The second-order valence-electron chi connectivity index (χ2n) is 5.03. The molecular formula is C14H20FN3O2. The van der Waals surface area contributed by atoms with Crippen LogP contribution in [0.15, 0.2) is 24.3 Å². The van der Waals surface area contributed by atoms with Crippen LogP contribution in [0.1, 0.15) is 11.5 Å². The first-order chi connectivity index (χ1) is 9.60. The average molecular weight is 281 g/mol. The molecule has 0 aromatic heterocycles. The molecular weight excluding hydrogens is 261 g/mol. The van der Waals surface area contributed by atoms with Gasteiger partial charge < -0.3 is 15.8 Å². The van der Waals surface area contributed by atoms with Gasteiger partial charge in [-0.3, -0.25) is 4.90 Å². The average Bonchev–Trinajstić information content (AvgIpc) is 2.78. The molecule has 1 aliphatic rings. The Morgan fingerprint density at radius 2 is 2.35 bits per heavy atom. The minimum Gasteiger partial charge on any atom is -0.383 e. The van der Waals surface area contributed by atoms with E-state index in [9.17, 15) is 9.18 Å². The van der Waals surface area contributed by atoms with Crippen molar-refractivity contribution in [2.45, 2.75) is 12.0 Å². The van der Waals surface area contributed by atoms with Gasteiger partial charge in [0, 0.05) is 32.7 Å². The molecule has 0 spiro atoms. The third-order valence-corrected chi connectivity index (χ3v) is 3.61. The molecule has 0 unspecified atom stereocenters. The molecule has 1 aromatic carbocycles. The van der Waals surface area contributed by atoms with Crippen LogP contribution in [0.3, 0.4) is 0 Å². The minimum absolute atomic E-state index is 0.0371. The van der Waals surface area contributed by atoms with Crippen LogP contribution in [0, 0.1) is 5.82 Å². The first-order valence-corrected chi connectivity index (χ1v) is 6.63. The number of methoxy groups -OCH3 is 1. The molecule has 1 aliphatic heterocycles. The van der Waals surface area contributed by atoms with Crippen molar-refractivity contribution < 1.29 is 13.9 Å². The third-order valence-electron chi connectivity index (χ3n) is 3.61. The third kappa shape index (κ3) is 3.68. The van der Waals surface area contributed by atoms with Gasteiger partial charge in [-0.15, -0.1) is 0 Å². The van der Waals surface area contributed by atoms with E-state index in [4.69, 9.17) is 10.5 Å². The molecule has 0 radical (unpaired) electrons. The van der Waals surface area contributed by atoms with Crippen LogP contribution in [0.2, 0.25) is 0 Å². The van der Waals surface area contributed by atoms with E-state index in [1.54, 1.807) is 13.2 Å².